The number of hydrogen-bond acceptors (Lipinski definition) is 3. The number of amides is 1. The van der Waals surface area contributed by atoms with E-state index in [-0.39, 0.29) is 17.7 Å². The summed E-state index contributed by atoms with van der Waals surface area (Å²) < 4.78 is 7.85. The van der Waals surface area contributed by atoms with Crippen LogP contribution in [0.3, 0.4) is 0 Å². The average molecular weight is 362 g/mol. The first-order chi connectivity index (χ1) is 11.7. The first-order valence-corrected chi connectivity index (χ1v) is 12.8. The number of imidazole rings is 1. The van der Waals surface area contributed by atoms with Gasteiger partial charge in [-0.3, -0.25) is 4.79 Å². The topological polar surface area (TPSA) is 70.1 Å². The summed E-state index contributed by atoms with van der Waals surface area (Å²) in [5.74, 6) is -0.300. The molecule has 0 fully saturated rings. The van der Waals surface area contributed by atoms with Crippen molar-refractivity contribution in [2.24, 2.45) is 11.7 Å². The Morgan fingerprint density at radius 1 is 1.36 bits per heavy atom. The van der Waals surface area contributed by atoms with E-state index in [2.05, 4.69) is 49.7 Å². The van der Waals surface area contributed by atoms with Gasteiger partial charge >= 0.3 is 0 Å². The monoisotopic (exact) mass is 361 g/mol. The summed E-state index contributed by atoms with van der Waals surface area (Å²) in [4.78, 5) is 16.1. The molecule has 1 unspecified atom stereocenters. The summed E-state index contributed by atoms with van der Waals surface area (Å²) >= 11 is 0. The normalized spacial score (nSPS) is 14.6. The summed E-state index contributed by atoms with van der Waals surface area (Å²) in [6.45, 7) is 12.4. The minimum atomic E-state index is -1.06. The summed E-state index contributed by atoms with van der Waals surface area (Å²) in [6, 6.07) is 7.35. The Balaban J connectivity index is 2.09. The quantitative estimate of drug-likeness (QED) is 0.543. The van der Waals surface area contributed by atoms with Gasteiger partial charge in [-0.15, -0.1) is 0 Å². The van der Waals surface area contributed by atoms with Gasteiger partial charge in [0.1, 0.15) is 6.73 Å². The summed E-state index contributed by atoms with van der Waals surface area (Å²) in [6.07, 6.45) is 2.56. The molecule has 0 bridgehead atoms. The lowest BCUT2D eigenvalue weighted by Crippen LogP contribution is -2.27. The van der Waals surface area contributed by atoms with E-state index in [1.807, 2.05) is 17.8 Å². The maximum atomic E-state index is 11.6. The Morgan fingerprint density at radius 3 is 2.68 bits per heavy atom. The molecule has 2 atom stereocenters. The molecule has 2 aromatic rings. The highest BCUT2D eigenvalue weighted by molar-refractivity contribution is 6.76. The van der Waals surface area contributed by atoms with Crippen molar-refractivity contribution in [3.05, 3.63) is 30.1 Å². The van der Waals surface area contributed by atoms with Crippen LogP contribution in [-0.4, -0.2) is 30.1 Å². The molecule has 1 aromatic heterocycles. The number of nitrogens with two attached hydrogens (primary N) is 1. The number of ether oxygens (including phenoxy) is 1. The first kappa shape index (κ1) is 19.7. The van der Waals surface area contributed by atoms with Gasteiger partial charge in [0.2, 0.25) is 5.91 Å². The lowest BCUT2D eigenvalue weighted by Gasteiger charge is -2.20. The molecule has 6 heteroatoms. The summed E-state index contributed by atoms with van der Waals surface area (Å²) in [5, 5.41) is 0. The van der Waals surface area contributed by atoms with E-state index in [4.69, 9.17) is 10.5 Å². The molecule has 25 heavy (non-hydrogen) atoms. The third-order valence-corrected chi connectivity index (χ3v) is 6.51. The second kappa shape index (κ2) is 8.14. The van der Waals surface area contributed by atoms with Crippen molar-refractivity contribution in [2.45, 2.75) is 58.6 Å². The number of rotatable bonds is 9. The van der Waals surface area contributed by atoms with E-state index in [0.29, 0.717) is 6.73 Å². The van der Waals surface area contributed by atoms with Gasteiger partial charge in [-0.25, -0.2) is 4.98 Å². The fourth-order valence-corrected chi connectivity index (χ4v) is 3.80. The van der Waals surface area contributed by atoms with Crippen molar-refractivity contribution in [3.8, 4) is 0 Å². The largest absolute Gasteiger partial charge is 0.369 e. The first-order valence-electron chi connectivity index (χ1n) is 9.04. The fraction of sp³-hybridized carbons (Fsp3) is 0.579. The van der Waals surface area contributed by atoms with E-state index in [0.717, 1.165) is 35.7 Å². The Morgan fingerprint density at radius 2 is 2.08 bits per heavy atom. The van der Waals surface area contributed by atoms with E-state index < -0.39 is 8.07 Å². The van der Waals surface area contributed by atoms with Crippen molar-refractivity contribution in [3.63, 3.8) is 0 Å². The van der Waals surface area contributed by atoms with Gasteiger partial charge in [-0.1, -0.05) is 39.6 Å². The van der Waals surface area contributed by atoms with Crippen molar-refractivity contribution < 1.29 is 9.53 Å². The van der Waals surface area contributed by atoms with E-state index in [9.17, 15) is 4.79 Å². The lowest BCUT2D eigenvalue weighted by atomic mass is 9.85. The number of fused-ring (bicyclic) bond motifs is 1. The molecule has 0 aliphatic rings. The van der Waals surface area contributed by atoms with Crippen molar-refractivity contribution >= 4 is 25.0 Å². The van der Waals surface area contributed by atoms with Crippen LogP contribution in [0, 0.1) is 5.92 Å². The van der Waals surface area contributed by atoms with Gasteiger partial charge in [0, 0.05) is 20.6 Å². The molecule has 1 amide bonds. The molecule has 0 saturated heterocycles. The second-order valence-corrected chi connectivity index (χ2v) is 13.6. The zero-order chi connectivity index (χ0) is 18.6. The maximum Gasteiger partial charge on any atom is 0.221 e. The Labute approximate surface area is 151 Å². The highest BCUT2D eigenvalue weighted by Gasteiger charge is 2.23. The highest BCUT2D eigenvalue weighted by atomic mass is 28.3. The third-order valence-electron chi connectivity index (χ3n) is 4.81. The van der Waals surface area contributed by atoms with Gasteiger partial charge in [0.05, 0.1) is 17.4 Å². The Bertz CT molecular complexity index is 721. The van der Waals surface area contributed by atoms with Crippen LogP contribution in [0.4, 0.5) is 0 Å². The van der Waals surface area contributed by atoms with Gasteiger partial charge in [-0.2, -0.15) is 0 Å². The number of carbonyl (C=O) groups excluding carboxylic acids is 1. The second-order valence-electron chi connectivity index (χ2n) is 8.02. The minimum Gasteiger partial charge on any atom is -0.369 e. The Hall–Kier alpha value is -1.66. The van der Waals surface area contributed by atoms with Crippen LogP contribution in [-0.2, 0) is 16.3 Å². The van der Waals surface area contributed by atoms with E-state index in [1.54, 1.807) is 0 Å². The highest BCUT2D eigenvalue weighted by Crippen LogP contribution is 2.28. The van der Waals surface area contributed by atoms with Gasteiger partial charge < -0.3 is 15.0 Å². The molecule has 0 aliphatic heterocycles. The number of carbonyl (C=O) groups is 1. The van der Waals surface area contributed by atoms with Crippen LogP contribution < -0.4 is 5.73 Å². The van der Waals surface area contributed by atoms with Crippen LogP contribution in [0.15, 0.2) is 24.5 Å². The fourth-order valence-electron chi connectivity index (χ4n) is 3.04. The number of nitrogens with zero attached hydrogens (tertiary/aromatic N) is 2. The summed E-state index contributed by atoms with van der Waals surface area (Å²) in [5.41, 5.74) is 8.61. The van der Waals surface area contributed by atoms with Gasteiger partial charge in [0.15, 0.2) is 0 Å². The van der Waals surface area contributed by atoms with Crippen LogP contribution in [0.25, 0.3) is 11.0 Å². The predicted octanol–water partition coefficient (Wildman–Crippen LogP) is 3.96. The number of primary amides is 1. The molecule has 0 spiro atoms. The molecule has 2 N–H and O–H groups in total. The van der Waals surface area contributed by atoms with Crippen LogP contribution in [0.2, 0.25) is 25.7 Å². The summed E-state index contributed by atoms with van der Waals surface area (Å²) in [7, 11) is -1.06. The van der Waals surface area contributed by atoms with Crippen LogP contribution in [0.5, 0.6) is 0 Å². The molecular weight excluding hydrogens is 330 g/mol. The lowest BCUT2D eigenvalue weighted by molar-refractivity contribution is -0.122. The molecule has 2 rings (SSSR count). The zero-order valence-corrected chi connectivity index (χ0v) is 17.1. The van der Waals surface area contributed by atoms with Crippen molar-refractivity contribution in [1.29, 1.82) is 0 Å². The van der Waals surface area contributed by atoms with Crippen molar-refractivity contribution in [2.75, 3.05) is 6.61 Å². The molecule has 138 valence electrons. The van der Waals surface area contributed by atoms with Crippen LogP contribution >= 0.6 is 0 Å². The third kappa shape index (κ3) is 5.15. The standard InChI is InChI=1S/C19H31N3O2Si/c1-6-16(19(20)23)14(2)15-7-8-18-17(11-15)21-12-22(18)13-24-9-10-25(3,4)5/h7-8,11-12,14,16H,6,9-10,13H2,1-5H3,(H2,20,23)/t14-,16?/m0/s1. The molecule has 1 heterocycles. The molecule has 1 aromatic carbocycles. The number of hydrogen-bond donors (Lipinski definition) is 1. The average Bonchev–Trinajstić information content (AvgIpc) is 2.93. The van der Waals surface area contributed by atoms with E-state index >= 15 is 0 Å². The smallest absolute Gasteiger partial charge is 0.221 e. The molecule has 0 radical (unpaired) electrons. The predicted molar refractivity (Wildman–Crippen MR) is 105 cm³/mol. The number of benzene rings is 1. The van der Waals surface area contributed by atoms with Crippen molar-refractivity contribution in [1.82, 2.24) is 9.55 Å². The molecular formula is C19H31N3O2Si. The van der Waals surface area contributed by atoms with Gasteiger partial charge in [0.25, 0.3) is 0 Å². The number of aromatic nitrogens is 2. The maximum absolute atomic E-state index is 11.6. The van der Waals surface area contributed by atoms with Gasteiger partial charge in [-0.05, 0) is 36.1 Å². The molecule has 0 aliphatic carbocycles. The minimum absolute atomic E-state index is 0.0880. The Kier molecular flexibility index (Phi) is 6.40. The molecule has 5 nitrogen and oxygen atoms in total. The van der Waals surface area contributed by atoms with E-state index in [1.165, 1.54) is 0 Å². The SMILES string of the molecule is CCC(C(N)=O)[C@@H](C)c1ccc2c(c1)ncn2COCC[Si](C)(C)C. The van der Waals surface area contributed by atoms with Crippen LogP contribution in [0.1, 0.15) is 31.7 Å². The molecule has 0 saturated carbocycles. The zero-order valence-electron chi connectivity index (χ0n) is 16.1.